The van der Waals surface area contributed by atoms with E-state index in [1.807, 2.05) is 44.1 Å². The van der Waals surface area contributed by atoms with Gasteiger partial charge >= 0.3 is 0 Å². The van der Waals surface area contributed by atoms with E-state index in [0.29, 0.717) is 11.9 Å². The molecule has 152 valence electrons. The molecule has 2 saturated carbocycles. The van der Waals surface area contributed by atoms with Gasteiger partial charge in [0.15, 0.2) is 0 Å². The fourth-order valence-electron chi connectivity index (χ4n) is 5.03. The van der Waals surface area contributed by atoms with Crippen molar-refractivity contribution < 1.29 is 5.11 Å². The fraction of sp³-hybridized carbons (Fsp3) is 0.500. The van der Waals surface area contributed by atoms with Crippen molar-refractivity contribution in [2.75, 3.05) is 24.3 Å². The second-order valence-electron chi connectivity index (χ2n) is 9.04. The molecule has 2 fully saturated rings. The van der Waals surface area contributed by atoms with Crippen LogP contribution in [0.3, 0.4) is 0 Å². The number of hydrogen-bond acceptors (Lipinski definition) is 7. The highest BCUT2D eigenvalue weighted by atomic mass is 32.1. The lowest BCUT2D eigenvalue weighted by molar-refractivity contribution is 0.172. The van der Waals surface area contributed by atoms with Gasteiger partial charge in [-0.1, -0.05) is 19.1 Å². The number of rotatable bonds is 4. The lowest BCUT2D eigenvalue weighted by atomic mass is 9.84. The van der Waals surface area contributed by atoms with Crippen molar-refractivity contribution in [1.29, 1.82) is 0 Å². The molecular formula is C22H27N5OS. The Bertz CT molecular complexity index is 1080. The van der Waals surface area contributed by atoms with E-state index < -0.39 is 0 Å². The van der Waals surface area contributed by atoms with Crippen LogP contribution in [-0.4, -0.2) is 45.8 Å². The Kier molecular flexibility index (Phi) is 3.96. The first-order chi connectivity index (χ1) is 13.7. The second-order valence-corrected chi connectivity index (χ2v) is 10.1. The lowest BCUT2D eigenvalue weighted by Gasteiger charge is -2.36. The molecule has 7 heteroatoms. The van der Waals surface area contributed by atoms with Gasteiger partial charge in [0.2, 0.25) is 5.95 Å². The van der Waals surface area contributed by atoms with Gasteiger partial charge in [0.25, 0.3) is 0 Å². The number of aliphatic hydroxyl groups excluding tert-OH is 1. The maximum Gasteiger partial charge on any atom is 0.227 e. The van der Waals surface area contributed by atoms with Crippen molar-refractivity contribution in [2.45, 2.75) is 45.3 Å². The van der Waals surface area contributed by atoms with Crippen molar-refractivity contribution in [3.05, 3.63) is 30.0 Å². The van der Waals surface area contributed by atoms with E-state index in [-0.39, 0.29) is 17.1 Å². The Balaban J connectivity index is 1.65. The fourth-order valence-corrected chi connectivity index (χ4v) is 6.09. The van der Waals surface area contributed by atoms with E-state index in [4.69, 9.17) is 15.0 Å². The third-order valence-electron chi connectivity index (χ3n) is 7.18. The van der Waals surface area contributed by atoms with Gasteiger partial charge < -0.3 is 15.3 Å². The summed E-state index contributed by atoms with van der Waals surface area (Å²) in [6.45, 7) is 6.44. The average molecular weight is 410 g/mol. The summed E-state index contributed by atoms with van der Waals surface area (Å²) in [5, 5.41) is 15.2. The standard InChI is InChI=1S/C22H27N5OS/c1-12-16(19-24-14-8-6-7-9-15(14)29-19)18(25-20(23-12)27(4)5)26-21(2)11-10-13-17(28)22(13,21)3/h6-9,13,17,28H,10-11H2,1-5H3,(H,23,25,26). The molecule has 0 saturated heterocycles. The molecule has 4 atom stereocenters. The molecule has 5 rings (SSSR count). The van der Waals surface area contributed by atoms with Crippen molar-refractivity contribution >= 4 is 33.3 Å². The number of anilines is 2. The first kappa shape index (κ1) is 18.8. The first-order valence-electron chi connectivity index (χ1n) is 10.1. The van der Waals surface area contributed by atoms with Gasteiger partial charge in [-0.15, -0.1) is 11.3 Å². The van der Waals surface area contributed by atoms with Crippen LogP contribution in [0.1, 0.15) is 32.4 Å². The van der Waals surface area contributed by atoms with E-state index in [9.17, 15) is 5.11 Å². The zero-order valence-electron chi connectivity index (χ0n) is 17.5. The van der Waals surface area contributed by atoms with Crippen molar-refractivity contribution in [3.63, 3.8) is 0 Å². The molecule has 0 bridgehead atoms. The molecule has 2 aliphatic carbocycles. The second kappa shape index (κ2) is 6.12. The molecule has 4 unspecified atom stereocenters. The average Bonchev–Trinajstić information content (AvgIpc) is 2.96. The molecule has 3 aromatic rings. The zero-order chi connectivity index (χ0) is 20.6. The van der Waals surface area contributed by atoms with Gasteiger partial charge in [-0.05, 0) is 44.7 Å². The summed E-state index contributed by atoms with van der Waals surface area (Å²) in [5.74, 6) is 1.86. The van der Waals surface area contributed by atoms with Crippen LogP contribution in [0, 0.1) is 18.3 Å². The highest BCUT2D eigenvalue weighted by molar-refractivity contribution is 7.21. The Hall–Kier alpha value is -2.25. The van der Waals surface area contributed by atoms with Crippen LogP contribution in [0.5, 0.6) is 0 Å². The predicted octanol–water partition coefficient (Wildman–Crippen LogP) is 4.09. The molecule has 0 aliphatic heterocycles. The van der Waals surface area contributed by atoms with Gasteiger partial charge in [-0.2, -0.15) is 4.98 Å². The quantitative estimate of drug-likeness (QED) is 0.676. The van der Waals surface area contributed by atoms with Gasteiger partial charge in [0.1, 0.15) is 10.8 Å². The van der Waals surface area contributed by atoms with Gasteiger partial charge in [0.05, 0.1) is 27.6 Å². The zero-order valence-corrected chi connectivity index (χ0v) is 18.3. The monoisotopic (exact) mass is 409 g/mol. The number of benzene rings is 1. The minimum Gasteiger partial charge on any atom is -0.392 e. The van der Waals surface area contributed by atoms with Crippen molar-refractivity contribution in [3.8, 4) is 10.6 Å². The largest absolute Gasteiger partial charge is 0.392 e. The minimum atomic E-state index is -0.240. The summed E-state index contributed by atoms with van der Waals surface area (Å²) >= 11 is 1.67. The maximum atomic E-state index is 10.5. The van der Waals surface area contributed by atoms with E-state index in [2.05, 4.69) is 25.2 Å². The first-order valence-corrected chi connectivity index (χ1v) is 10.9. The topological polar surface area (TPSA) is 74.2 Å². The molecular weight excluding hydrogens is 382 g/mol. The van der Waals surface area contributed by atoms with Crippen LogP contribution in [0.4, 0.5) is 11.8 Å². The van der Waals surface area contributed by atoms with Gasteiger partial charge in [-0.3, -0.25) is 0 Å². The van der Waals surface area contributed by atoms with Crippen LogP contribution in [-0.2, 0) is 0 Å². The Morgan fingerprint density at radius 3 is 2.59 bits per heavy atom. The number of fused-ring (bicyclic) bond motifs is 2. The summed E-state index contributed by atoms with van der Waals surface area (Å²) in [5.41, 5.74) is 2.53. The van der Waals surface area contributed by atoms with Gasteiger partial charge in [0, 0.05) is 25.0 Å². The normalized spacial score (nSPS) is 30.4. The summed E-state index contributed by atoms with van der Waals surface area (Å²) in [6, 6.07) is 8.19. The SMILES string of the molecule is Cc1nc(N(C)C)nc(NC2(C)CCC3C(O)C32C)c1-c1nc2ccccc2s1. The number of aliphatic hydroxyl groups is 1. The molecule has 2 aromatic heterocycles. The van der Waals surface area contributed by atoms with Gasteiger partial charge in [-0.25, -0.2) is 9.97 Å². The number of nitrogens with zero attached hydrogens (tertiary/aromatic N) is 4. The Morgan fingerprint density at radius 2 is 1.93 bits per heavy atom. The Morgan fingerprint density at radius 1 is 1.17 bits per heavy atom. The van der Waals surface area contributed by atoms with Crippen LogP contribution in [0.25, 0.3) is 20.8 Å². The van der Waals surface area contributed by atoms with Crippen LogP contribution >= 0.6 is 11.3 Å². The third-order valence-corrected chi connectivity index (χ3v) is 8.23. The van der Waals surface area contributed by atoms with E-state index in [0.717, 1.165) is 45.1 Å². The number of thiazole rings is 1. The summed E-state index contributed by atoms with van der Waals surface area (Å²) < 4.78 is 1.15. The summed E-state index contributed by atoms with van der Waals surface area (Å²) in [6.07, 6.45) is 1.82. The molecule has 0 radical (unpaired) electrons. The summed E-state index contributed by atoms with van der Waals surface area (Å²) in [4.78, 5) is 16.4. The molecule has 6 nitrogen and oxygen atoms in total. The molecule has 0 spiro atoms. The molecule has 0 amide bonds. The lowest BCUT2D eigenvalue weighted by Crippen LogP contribution is -2.43. The number of hydrogen-bond donors (Lipinski definition) is 2. The molecule has 29 heavy (non-hydrogen) atoms. The minimum absolute atomic E-state index is 0.116. The summed E-state index contributed by atoms with van der Waals surface area (Å²) in [7, 11) is 3.91. The number of aromatic nitrogens is 3. The van der Waals surface area contributed by atoms with E-state index in [1.54, 1.807) is 11.3 Å². The smallest absolute Gasteiger partial charge is 0.227 e. The molecule has 2 N–H and O–H groups in total. The maximum absolute atomic E-state index is 10.5. The Labute approximate surface area is 175 Å². The van der Waals surface area contributed by atoms with Crippen LogP contribution in [0.2, 0.25) is 0 Å². The van der Waals surface area contributed by atoms with E-state index >= 15 is 0 Å². The predicted molar refractivity (Wildman–Crippen MR) is 119 cm³/mol. The number of aryl methyl sites for hydroxylation is 1. The highest BCUT2D eigenvalue weighted by Gasteiger charge is 2.73. The van der Waals surface area contributed by atoms with Crippen molar-refractivity contribution in [1.82, 2.24) is 15.0 Å². The van der Waals surface area contributed by atoms with Crippen LogP contribution < -0.4 is 10.2 Å². The van der Waals surface area contributed by atoms with Crippen LogP contribution in [0.15, 0.2) is 24.3 Å². The van der Waals surface area contributed by atoms with E-state index in [1.165, 1.54) is 0 Å². The third kappa shape index (κ3) is 2.60. The highest BCUT2D eigenvalue weighted by Crippen LogP contribution is 2.68. The van der Waals surface area contributed by atoms with Crippen molar-refractivity contribution in [2.24, 2.45) is 11.3 Å². The molecule has 1 aromatic carbocycles. The molecule has 2 aliphatic rings. The number of para-hydroxylation sites is 1. The molecule has 2 heterocycles. The number of nitrogens with one attached hydrogen (secondary N) is 1.